The minimum atomic E-state index is 0.426. The van der Waals surface area contributed by atoms with E-state index in [2.05, 4.69) is 226 Å². The minimum absolute atomic E-state index is 0.426. The zero-order valence-corrected chi connectivity index (χ0v) is 47.2. The molecule has 0 fully saturated rings. The lowest BCUT2D eigenvalue weighted by atomic mass is 9.97. The standard InChI is InChI=1S/C78H48N10/c79-49-52-33-37-55(38-34-52)59-41-43-64(74(47-59)87-70-29-11-7-25-66(70)85(62-21-3-1-4-22-62)67-26-8-12-30-71(67)87)77-82-76(61-20-16-19-58(46-61)57-18-15-17-54(45-57)51-81)83-78(84-77)65-44-42-60(56-39-35-53(50-80)36-40-56)48-75(65)88-72-31-13-9-27-68(72)86(63-23-5-2-6-24-63)69-28-10-14-32-73(69)88/h1-48H. The third kappa shape index (κ3) is 9.28. The summed E-state index contributed by atoms with van der Waals surface area (Å²) in [6.07, 6.45) is 0. The lowest BCUT2D eigenvalue weighted by molar-refractivity contribution is 1.07. The van der Waals surface area contributed by atoms with Gasteiger partial charge in [-0.15, -0.1) is 0 Å². The maximum absolute atomic E-state index is 9.99. The van der Waals surface area contributed by atoms with Crippen molar-refractivity contribution < 1.29 is 0 Å². The molecule has 410 valence electrons. The van der Waals surface area contributed by atoms with Crippen LogP contribution in [0.2, 0.25) is 0 Å². The summed E-state index contributed by atoms with van der Waals surface area (Å²) in [5.41, 5.74) is 20.8. The summed E-state index contributed by atoms with van der Waals surface area (Å²) in [7, 11) is 0. The van der Waals surface area contributed by atoms with E-state index in [1.54, 1.807) is 0 Å². The average molecular weight is 1130 g/mol. The van der Waals surface area contributed by atoms with Gasteiger partial charge in [0.1, 0.15) is 0 Å². The second-order valence-corrected chi connectivity index (χ2v) is 21.4. The van der Waals surface area contributed by atoms with Gasteiger partial charge in [0.25, 0.3) is 0 Å². The van der Waals surface area contributed by atoms with Crippen molar-refractivity contribution in [2.45, 2.75) is 0 Å². The van der Waals surface area contributed by atoms with E-state index in [0.717, 1.165) is 118 Å². The van der Waals surface area contributed by atoms with E-state index in [4.69, 9.17) is 15.0 Å². The highest BCUT2D eigenvalue weighted by atomic mass is 15.3. The van der Waals surface area contributed by atoms with E-state index < -0.39 is 0 Å². The van der Waals surface area contributed by atoms with E-state index >= 15 is 0 Å². The Bertz CT molecular complexity index is 4630. The number of fused-ring (bicyclic) bond motifs is 4. The Morgan fingerprint density at radius 2 is 0.534 bits per heavy atom. The molecule has 0 saturated heterocycles. The fourth-order valence-electron chi connectivity index (χ4n) is 12.1. The first-order valence-electron chi connectivity index (χ1n) is 28.8. The first-order valence-corrected chi connectivity index (χ1v) is 28.8. The molecule has 10 heteroatoms. The Hall–Kier alpha value is -12.7. The second kappa shape index (κ2) is 22.1. The fourth-order valence-corrected chi connectivity index (χ4v) is 12.1. The molecule has 0 spiro atoms. The highest BCUT2D eigenvalue weighted by Crippen LogP contribution is 2.58. The van der Waals surface area contributed by atoms with Gasteiger partial charge < -0.3 is 19.6 Å². The fraction of sp³-hybridized carbons (Fsp3) is 0. The lowest BCUT2D eigenvalue weighted by Crippen LogP contribution is -2.24. The summed E-state index contributed by atoms with van der Waals surface area (Å²) in [6, 6.07) is 106. The summed E-state index contributed by atoms with van der Waals surface area (Å²) in [4.78, 5) is 26.1. The highest BCUT2D eigenvalue weighted by Gasteiger charge is 2.35. The molecule has 0 amide bonds. The van der Waals surface area contributed by atoms with Crippen LogP contribution in [0.15, 0.2) is 291 Å². The molecule has 0 bridgehead atoms. The lowest BCUT2D eigenvalue weighted by Gasteiger charge is -2.41. The van der Waals surface area contributed by atoms with Crippen LogP contribution < -0.4 is 19.6 Å². The molecule has 0 aliphatic carbocycles. The number of hydrogen-bond acceptors (Lipinski definition) is 10. The zero-order valence-electron chi connectivity index (χ0n) is 47.2. The highest BCUT2D eigenvalue weighted by molar-refractivity contribution is 6.06. The molecule has 3 heterocycles. The number of anilines is 12. The van der Waals surface area contributed by atoms with Crippen LogP contribution in [-0.4, -0.2) is 15.0 Å². The summed E-state index contributed by atoms with van der Waals surface area (Å²) < 4.78 is 0. The number of nitriles is 3. The summed E-state index contributed by atoms with van der Waals surface area (Å²) >= 11 is 0. The monoisotopic (exact) mass is 1120 g/mol. The van der Waals surface area contributed by atoms with Gasteiger partial charge in [0.2, 0.25) is 0 Å². The van der Waals surface area contributed by atoms with Crippen molar-refractivity contribution in [3.63, 3.8) is 0 Å². The van der Waals surface area contributed by atoms with E-state index in [1.807, 2.05) is 103 Å². The molecule has 88 heavy (non-hydrogen) atoms. The van der Waals surface area contributed by atoms with Gasteiger partial charge in [-0.1, -0.05) is 152 Å². The molecule has 2 aliphatic heterocycles. The van der Waals surface area contributed by atoms with Crippen LogP contribution in [0.4, 0.5) is 68.2 Å². The Morgan fingerprint density at radius 3 is 0.932 bits per heavy atom. The largest absolute Gasteiger partial charge is 0.306 e. The molecule has 0 saturated carbocycles. The molecular weight excluding hydrogens is 1080 g/mol. The van der Waals surface area contributed by atoms with Gasteiger partial charge in [-0.3, -0.25) is 0 Å². The van der Waals surface area contributed by atoms with E-state index in [0.29, 0.717) is 34.2 Å². The number of aromatic nitrogens is 3. The molecule has 12 aromatic carbocycles. The molecule has 10 nitrogen and oxygen atoms in total. The molecule has 0 N–H and O–H groups in total. The summed E-state index contributed by atoms with van der Waals surface area (Å²) in [5.74, 6) is 1.29. The molecule has 13 aromatic rings. The Labute approximate surface area is 509 Å². The van der Waals surface area contributed by atoms with Gasteiger partial charge in [0.05, 0.1) is 91.8 Å². The predicted molar refractivity (Wildman–Crippen MR) is 352 cm³/mol. The molecule has 1 aromatic heterocycles. The first kappa shape index (κ1) is 52.1. The van der Waals surface area contributed by atoms with Crippen molar-refractivity contribution in [3.05, 3.63) is 308 Å². The van der Waals surface area contributed by atoms with Crippen LogP contribution in [0, 0.1) is 34.0 Å². The van der Waals surface area contributed by atoms with Gasteiger partial charge in [-0.05, 0) is 173 Å². The summed E-state index contributed by atoms with van der Waals surface area (Å²) in [5, 5.41) is 29.8. The normalized spacial score (nSPS) is 12.0. The quantitative estimate of drug-likeness (QED) is 0.131. The summed E-state index contributed by atoms with van der Waals surface area (Å²) in [6.45, 7) is 0. The topological polar surface area (TPSA) is 123 Å². The van der Waals surface area contributed by atoms with Gasteiger partial charge in [-0.25, -0.2) is 15.0 Å². The molecular formula is C78H48N10. The molecule has 0 atom stereocenters. The van der Waals surface area contributed by atoms with Crippen LogP contribution in [0.5, 0.6) is 0 Å². The average Bonchev–Trinajstić information content (AvgIpc) is 0.857. The van der Waals surface area contributed by atoms with Gasteiger partial charge in [-0.2, -0.15) is 15.8 Å². The smallest absolute Gasteiger partial charge is 0.166 e. The van der Waals surface area contributed by atoms with Crippen LogP contribution in [0.25, 0.3) is 67.5 Å². The predicted octanol–water partition coefficient (Wildman–Crippen LogP) is 20.0. The number of benzene rings is 12. The van der Waals surface area contributed by atoms with E-state index in [-0.39, 0.29) is 0 Å². The van der Waals surface area contributed by atoms with Crippen molar-refractivity contribution in [1.82, 2.24) is 15.0 Å². The van der Waals surface area contributed by atoms with Crippen molar-refractivity contribution >= 4 is 68.2 Å². The Balaban J connectivity index is 1.01. The number of hydrogen-bond donors (Lipinski definition) is 0. The molecule has 2 aliphatic rings. The van der Waals surface area contributed by atoms with Gasteiger partial charge in [0.15, 0.2) is 17.5 Å². The van der Waals surface area contributed by atoms with Gasteiger partial charge in [0, 0.05) is 28.1 Å². The number of rotatable bonds is 10. The van der Waals surface area contributed by atoms with Crippen molar-refractivity contribution in [2.24, 2.45) is 0 Å². The van der Waals surface area contributed by atoms with Crippen LogP contribution >= 0.6 is 0 Å². The maximum atomic E-state index is 9.99. The Morgan fingerprint density at radius 1 is 0.216 bits per heavy atom. The third-order valence-electron chi connectivity index (χ3n) is 16.2. The SMILES string of the molecule is N#Cc1ccc(-c2ccc(-c3nc(-c4cccc(-c5cccc(C#N)c5)c4)nc(-c4ccc(-c5ccc(C#N)cc5)cc4N4c5ccccc5N(c5ccccc5)c5ccccc54)n3)c(N3c4ccccc4N(c4ccccc4)c4ccccc43)c2)cc1. The second-order valence-electron chi connectivity index (χ2n) is 21.4. The van der Waals surface area contributed by atoms with E-state index in [1.165, 1.54) is 0 Å². The number of nitrogens with zero attached hydrogens (tertiary/aromatic N) is 10. The number of para-hydroxylation sites is 10. The third-order valence-corrected chi connectivity index (χ3v) is 16.2. The van der Waals surface area contributed by atoms with E-state index in [9.17, 15) is 15.8 Å². The van der Waals surface area contributed by atoms with Crippen LogP contribution in [-0.2, 0) is 0 Å². The van der Waals surface area contributed by atoms with Gasteiger partial charge >= 0.3 is 0 Å². The first-order chi connectivity index (χ1) is 43.5. The maximum Gasteiger partial charge on any atom is 0.166 e. The van der Waals surface area contributed by atoms with Crippen molar-refractivity contribution in [1.29, 1.82) is 15.8 Å². The molecule has 15 rings (SSSR count). The van der Waals surface area contributed by atoms with Crippen molar-refractivity contribution in [2.75, 3.05) is 19.6 Å². The van der Waals surface area contributed by atoms with Crippen LogP contribution in [0.3, 0.4) is 0 Å². The van der Waals surface area contributed by atoms with Crippen molar-refractivity contribution in [3.8, 4) is 85.8 Å². The molecule has 0 unspecified atom stereocenters. The van der Waals surface area contributed by atoms with Crippen LogP contribution in [0.1, 0.15) is 16.7 Å². The Kier molecular flexibility index (Phi) is 13.1. The zero-order chi connectivity index (χ0) is 59.1. The molecule has 0 radical (unpaired) electrons. The minimum Gasteiger partial charge on any atom is -0.306 e.